The molecule has 4 nitrogen and oxygen atoms in total. The first-order chi connectivity index (χ1) is 9.88. The van der Waals surface area contributed by atoms with Gasteiger partial charge in [-0.15, -0.1) is 0 Å². The maximum absolute atomic E-state index is 8.69. The van der Waals surface area contributed by atoms with Gasteiger partial charge in [0.2, 0.25) is 0 Å². The van der Waals surface area contributed by atoms with Crippen molar-refractivity contribution < 1.29 is 14.8 Å². The smallest absolute Gasteiger partial charge is 0.119 e. The first kappa shape index (κ1) is 14.8. The van der Waals surface area contributed by atoms with Crippen LogP contribution in [0.1, 0.15) is 31.2 Å². The zero-order valence-electron chi connectivity index (χ0n) is 11.9. The van der Waals surface area contributed by atoms with Gasteiger partial charge in [0.05, 0.1) is 37.4 Å². The molecular formula is C16H23N2O2+. The van der Waals surface area contributed by atoms with Crippen molar-refractivity contribution in [2.75, 3.05) is 26.4 Å². The number of hydrogen-bond acceptors (Lipinski definition) is 3. The van der Waals surface area contributed by atoms with E-state index in [1.807, 2.05) is 12.1 Å². The van der Waals surface area contributed by atoms with Gasteiger partial charge in [-0.2, -0.15) is 5.26 Å². The second kappa shape index (κ2) is 8.57. The number of nitriles is 1. The van der Waals surface area contributed by atoms with Crippen LogP contribution in [0, 0.1) is 11.3 Å². The monoisotopic (exact) mass is 275 g/mol. The molecule has 1 aromatic carbocycles. The second-order valence-corrected chi connectivity index (χ2v) is 5.17. The van der Waals surface area contributed by atoms with Crippen LogP contribution in [0.5, 0.6) is 5.75 Å². The van der Waals surface area contributed by atoms with E-state index in [0.717, 1.165) is 24.9 Å². The molecule has 0 radical (unpaired) electrons. The lowest BCUT2D eigenvalue weighted by molar-refractivity contribution is -0.689. The molecule has 0 atom stereocenters. The SMILES string of the molecule is N#Cc1ccc(OCCOCC[NH2+]C2CCCC2)cc1. The summed E-state index contributed by atoms with van der Waals surface area (Å²) in [4.78, 5) is 0. The molecule has 1 saturated carbocycles. The molecule has 0 saturated heterocycles. The molecule has 0 spiro atoms. The van der Waals surface area contributed by atoms with E-state index >= 15 is 0 Å². The van der Waals surface area contributed by atoms with Crippen molar-refractivity contribution in [1.82, 2.24) is 0 Å². The zero-order valence-corrected chi connectivity index (χ0v) is 11.9. The molecule has 108 valence electrons. The van der Waals surface area contributed by atoms with Gasteiger partial charge in [-0.1, -0.05) is 0 Å². The minimum atomic E-state index is 0.551. The lowest BCUT2D eigenvalue weighted by Gasteiger charge is -2.09. The molecule has 0 aromatic heterocycles. The Kier molecular flexibility index (Phi) is 6.36. The molecule has 1 aliphatic carbocycles. The third-order valence-corrected chi connectivity index (χ3v) is 3.64. The van der Waals surface area contributed by atoms with Crippen molar-refractivity contribution in [3.05, 3.63) is 29.8 Å². The van der Waals surface area contributed by atoms with Gasteiger partial charge in [-0.3, -0.25) is 0 Å². The molecule has 0 unspecified atom stereocenters. The van der Waals surface area contributed by atoms with Crippen LogP contribution in [0.3, 0.4) is 0 Å². The van der Waals surface area contributed by atoms with Gasteiger partial charge < -0.3 is 14.8 Å². The fraction of sp³-hybridized carbons (Fsp3) is 0.562. The molecule has 1 aromatic rings. The molecule has 4 heteroatoms. The van der Waals surface area contributed by atoms with Crippen LogP contribution in [0.2, 0.25) is 0 Å². The number of hydrogen-bond donors (Lipinski definition) is 1. The largest absolute Gasteiger partial charge is 0.491 e. The molecule has 1 aliphatic rings. The van der Waals surface area contributed by atoms with Crippen molar-refractivity contribution >= 4 is 0 Å². The van der Waals surface area contributed by atoms with Crippen molar-refractivity contribution in [3.63, 3.8) is 0 Å². The molecule has 0 aliphatic heterocycles. The van der Waals surface area contributed by atoms with Crippen LogP contribution in [-0.4, -0.2) is 32.4 Å². The number of nitrogens with two attached hydrogens (primary N) is 1. The summed E-state index contributed by atoms with van der Waals surface area (Å²) >= 11 is 0. The first-order valence-electron chi connectivity index (χ1n) is 7.42. The molecule has 2 rings (SSSR count). The topological polar surface area (TPSA) is 58.9 Å². The van der Waals surface area contributed by atoms with Gasteiger partial charge in [0.25, 0.3) is 0 Å². The summed E-state index contributed by atoms with van der Waals surface area (Å²) in [6.45, 7) is 2.99. The summed E-state index contributed by atoms with van der Waals surface area (Å²) in [7, 11) is 0. The number of benzene rings is 1. The lowest BCUT2D eigenvalue weighted by atomic mass is 10.2. The highest BCUT2D eigenvalue weighted by Crippen LogP contribution is 2.14. The highest BCUT2D eigenvalue weighted by Gasteiger charge is 2.16. The average Bonchev–Trinajstić information content (AvgIpc) is 3.00. The Morgan fingerprint density at radius 1 is 1.10 bits per heavy atom. The van der Waals surface area contributed by atoms with Gasteiger partial charge in [0.15, 0.2) is 0 Å². The quantitative estimate of drug-likeness (QED) is 0.731. The lowest BCUT2D eigenvalue weighted by Crippen LogP contribution is -2.90. The summed E-state index contributed by atoms with van der Waals surface area (Å²) < 4.78 is 11.1. The van der Waals surface area contributed by atoms with Gasteiger partial charge in [0.1, 0.15) is 12.4 Å². The number of rotatable bonds is 8. The van der Waals surface area contributed by atoms with Crippen LogP contribution in [-0.2, 0) is 4.74 Å². The standard InChI is InChI=1S/C16H22N2O2/c17-13-14-5-7-16(8-6-14)20-12-11-19-10-9-18-15-3-1-2-4-15/h5-8,15,18H,1-4,9-12H2/p+1. The van der Waals surface area contributed by atoms with Crippen LogP contribution in [0.4, 0.5) is 0 Å². The Labute approximate surface area is 120 Å². The van der Waals surface area contributed by atoms with E-state index in [4.69, 9.17) is 14.7 Å². The Bertz CT molecular complexity index is 419. The van der Waals surface area contributed by atoms with E-state index in [2.05, 4.69) is 11.4 Å². The Morgan fingerprint density at radius 3 is 2.55 bits per heavy atom. The Hall–Kier alpha value is -1.57. The Morgan fingerprint density at radius 2 is 1.85 bits per heavy atom. The zero-order chi connectivity index (χ0) is 14.0. The van der Waals surface area contributed by atoms with E-state index in [1.165, 1.54) is 25.7 Å². The molecular weight excluding hydrogens is 252 g/mol. The van der Waals surface area contributed by atoms with E-state index < -0.39 is 0 Å². The van der Waals surface area contributed by atoms with E-state index in [9.17, 15) is 0 Å². The number of quaternary nitrogens is 1. The van der Waals surface area contributed by atoms with Crippen LogP contribution in [0.25, 0.3) is 0 Å². The van der Waals surface area contributed by atoms with Gasteiger partial charge >= 0.3 is 0 Å². The van der Waals surface area contributed by atoms with Gasteiger partial charge in [-0.25, -0.2) is 0 Å². The van der Waals surface area contributed by atoms with Crippen molar-refractivity contribution in [2.45, 2.75) is 31.7 Å². The third kappa shape index (κ3) is 5.20. The van der Waals surface area contributed by atoms with Crippen molar-refractivity contribution in [3.8, 4) is 11.8 Å². The van der Waals surface area contributed by atoms with Gasteiger partial charge in [-0.05, 0) is 49.9 Å². The summed E-state index contributed by atoms with van der Waals surface area (Å²) in [6.07, 6.45) is 5.50. The minimum absolute atomic E-state index is 0.551. The van der Waals surface area contributed by atoms with Gasteiger partial charge in [0, 0.05) is 0 Å². The summed E-state index contributed by atoms with van der Waals surface area (Å²) in [5.74, 6) is 0.783. The molecule has 0 amide bonds. The highest BCUT2D eigenvalue weighted by atomic mass is 16.5. The molecule has 1 fully saturated rings. The summed E-state index contributed by atoms with van der Waals surface area (Å²) in [5.41, 5.74) is 0.649. The van der Waals surface area contributed by atoms with Crippen LogP contribution in [0.15, 0.2) is 24.3 Å². The first-order valence-corrected chi connectivity index (χ1v) is 7.42. The predicted octanol–water partition coefficient (Wildman–Crippen LogP) is 1.46. The summed E-state index contributed by atoms with van der Waals surface area (Å²) in [5, 5.41) is 11.1. The molecule has 0 bridgehead atoms. The van der Waals surface area contributed by atoms with E-state index in [1.54, 1.807) is 12.1 Å². The second-order valence-electron chi connectivity index (χ2n) is 5.17. The highest BCUT2D eigenvalue weighted by molar-refractivity contribution is 5.34. The number of nitrogens with zero attached hydrogens (tertiary/aromatic N) is 1. The fourth-order valence-corrected chi connectivity index (χ4v) is 2.53. The molecule has 20 heavy (non-hydrogen) atoms. The third-order valence-electron chi connectivity index (χ3n) is 3.64. The fourth-order valence-electron chi connectivity index (χ4n) is 2.53. The minimum Gasteiger partial charge on any atom is -0.491 e. The van der Waals surface area contributed by atoms with Crippen molar-refractivity contribution in [2.24, 2.45) is 0 Å². The van der Waals surface area contributed by atoms with Crippen LogP contribution < -0.4 is 10.1 Å². The average molecular weight is 275 g/mol. The maximum atomic E-state index is 8.69. The predicted molar refractivity (Wildman–Crippen MR) is 76.5 cm³/mol. The molecule has 2 N–H and O–H groups in total. The molecule has 0 heterocycles. The maximum Gasteiger partial charge on any atom is 0.119 e. The Balaban J connectivity index is 1.47. The number of ether oxygens (including phenoxy) is 2. The van der Waals surface area contributed by atoms with Crippen molar-refractivity contribution in [1.29, 1.82) is 5.26 Å². The van der Waals surface area contributed by atoms with E-state index in [-0.39, 0.29) is 0 Å². The van der Waals surface area contributed by atoms with Crippen LogP contribution >= 0.6 is 0 Å². The summed E-state index contributed by atoms with van der Waals surface area (Å²) in [6, 6.07) is 10.0. The normalized spacial score (nSPS) is 15.2. The van der Waals surface area contributed by atoms with E-state index in [0.29, 0.717) is 18.8 Å².